The lowest BCUT2D eigenvalue weighted by Crippen LogP contribution is -2.49. The molecule has 0 aliphatic carbocycles. The van der Waals surface area contributed by atoms with Crippen LogP contribution in [-0.4, -0.2) is 56.7 Å². The smallest absolute Gasteiger partial charge is 0.255 e. The number of carbonyl (C=O) groups is 1. The van der Waals surface area contributed by atoms with Gasteiger partial charge < -0.3 is 9.80 Å². The lowest BCUT2D eigenvalue weighted by atomic mass is 10.2. The zero-order valence-corrected chi connectivity index (χ0v) is 15.4. The van der Waals surface area contributed by atoms with Gasteiger partial charge in [0.05, 0.1) is 16.3 Å². The van der Waals surface area contributed by atoms with E-state index in [4.69, 9.17) is 11.6 Å². The average molecular weight is 371 g/mol. The highest BCUT2D eigenvalue weighted by Gasteiger charge is 2.26. The number of amides is 1. The first-order valence-electron chi connectivity index (χ1n) is 8.49. The van der Waals surface area contributed by atoms with Crippen LogP contribution in [0.15, 0.2) is 30.6 Å². The quantitative estimate of drug-likeness (QED) is 0.692. The number of hydrogen-bond donors (Lipinski definition) is 0. The summed E-state index contributed by atoms with van der Waals surface area (Å²) in [5.74, 6) is 0.836. The summed E-state index contributed by atoms with van der Waals surface area (Å²) in [5.41, 5.74) is 3.23. The number of benzene rings is 1. The molecule has 8 heteroatoms. The third-order valence-electron chi connectivity index (χ3n) is 4.74. The topological polar surface area (TPSA) is 67.2 Å². The Labute approximate surface area is 156 Å². The Kier molecular flexibility index (Phi) is 4.24. The van der Waals surface area contributed by atoms with Crippen molar-refractivity contribution in [2.75, 3.05) is 31.1 Å². The van der Waals surface area contributed by atoms with Crippen molar-refractivity contribution in [1.82, 2.24) is 24.6 Å². The van der Waals surface area contributed by atoms with E-state index in [9.17, 15) is 4.79 Å². The summed E-state index contributed by atoms with van der Waals surface area (Å²) in [6, 6.07) is 7.17. The number of carbonyl (C=O) groups excluding carboxylic acids is 1. The van der Waals surface area contributed by atoms with Crippen LogP contribution in [0.5, 0.6) is 0 Å². The molecular formula is C18H19ClN6O. The molecule has 3 aromatic rings. The van der Waals surface area contributed by atoms with Gasteiger partial charge in [0.2, 0.25) is 0 Å². The molecule has 0 N–H and O–H groups in total. The molecule has 1 aliphatic rings. The number of hydrogen-bond acceptors (Lipinski definition) is 5. The monoisotopic (exact) mass is 370 g/mol. The Hall–Kier alpha value is -2.67. The van der Waals surface area contributed by atoms with Gasteiger partial charge in [-0.2, -0.15) is 5.10 Å². The molecule has 0 saturated carbocycles. The van der Waals surface area contributed by atoms with Crippen molar-refractivity contribution in [2.24, 2.45) is 7.05 Å². The Bertz CT molecular complexity index is 977. The largest absolute Gasteiger partial charge is 0.351 e. The fraction of sp³-hybridized carbons (Fsp3) is 0.333. The molecule has 2 aromatic heterocycles. The Balaban J connectivity index is 1.54. The van der Waals surface area contributed by atoms with Gasteiger partial charge in [-0.3, -0.25) is 9.48 Å². The minimum atomic E-state index is -0.0283. The van der Waals surface area contributed by atoms with Crippen LogP contribution in [0.1, 0.15) is 16.1 Å². The van der Waals surface area contributed by atoms with E-state index in [1.54, 1.807) is 18.5 Å². The standard InChI is InChI=1S/C18H19ClN6O/c1-12-15-16(23(2)22-12)17(21-11-20-15)24-7-9-25(10-8-24)18(26)13-5-3-4-6-14(13)19/h3-6,11H,7-10H2,1-2H3. The summed E-state index contributed by atoms with van der Waals surface area (Å²) in [6.45, 7) is 4.58. The second kappa shape index (κ2) is 6.57. The molecule has 1 saturated heterocycles. The molecule has 1 aromatic carbocycles. The predicted octanol–water partition coefficient (Wildman–Crippen LogP) is 2.29. The summed E-state index contributed by atoms with van der Waals surface area (Å²) in [6.07, 6.45) is 1.58. The summed E-state index contributed by atoms with van der Waals surface area (Å²) in [5, 5.41) is 4.94. The predicted molar refractivity (Wildman–Crippen MR) is 101 cm³/mol. The molecule has 7 nitrogen and oxygen atoms in total. The van der Waals surface area contributed by atoms with Crippen LogP contribution >= 0.6 is 11.6 Å². The average Bonchev–Trinajstić information content (AvgIpc) is 2.96. The van der Waals surface area contributed by atoms with Crippen molar-refractivity contribution >= 4 is 34.4 Å². The van der Waals surface area contributed by atoms with Crippen LogP contribution < -0.4 is 4.90 Å². The van der Waals surface area contributed by atoms with E-state index < -0.39 is 0 Å². The van der Waals surface area contributed by atoms with E-state index in [1.165, 1.54) is 0 Å². The van der Waals surface area contributed by atoms with Crippen molar-refractivity contribution in [3.63, 3.8) is 0 Å². The van der Waals surface area contributed by atoms with Crippen molar-refractivity contribution in [3.8, 4) is 0 Å². The molecule has 1 amide bonds. The molecule has 0 unspecified atom stereocenters. The van der Waals surface area contributed by atoms with Gasteiger partial charge in [0.25, 0.3) is 5.91 Å². The fourth-order valence-electron chi connectivity index (χ4n) is 3.41. The molecule has 134 valence electrons. The Morgan fingerprint density at radius 2 is 1.85 bits per heavy atom. The van der Waals surface area contributed by atoms with Crippen LogP contribution in [0.3, 0.4) is 0 Å². The minimum Gasteiger partial charge on any atom is -0.351 e. The summed E-state index contributed by atoms with van der Waals surface area (Å²) >= 11 is 6.16. The molecule has 0 radical (unpaired) electrons. The van der Waals surface area contributed by atoms with Crippen molar-refractivity contribution < 1.29 is 4.79 Å². The molecule has 1 fully saturated rings. The van der Waals surface area contributed by atoms with Crippen molar-refractivity contribution in [2.45, 2.75) is 6.92 Å². The first kappa shape index (κ1) is 16.8. The van der Waals surface area contributed by atoms with Crippen LogP contribution in [0.25, 0.3) is 11.0 Å². The van der Waals surface area contributed by atoms with Gasteiger partial charge in [-0.15, -0.1) is 0 Å². The Morgan fingerprint density at radius 1 is 1.12 bits per heavy atom. The van der Waals surface area contributed by atoms with E-state index in [0.29, 0.717) is 36.8 Å². The highest BCUT2D eigenvalue weighted by molar-refractivity contribution is 6.33. The maximum absolute atomic E-state index is 12.7. The highest BCUT2D eigenvalue weighted by atomic mass is 35.5. The van der Waals surface area contributed by atoms with E-state index in [2.05, 4.69) is 20.0 Å². The highest BCUT2D eigenvalue weighted by Crippen LogP contribution is 2.26. The number of rotatable bonds is 2. The lowest BCUT2D eigenvalue weighted by Gasteiger charge is -2.35. The van der Waals surface area contributed by atoms with Gasteiger partial charge in [0.15, 0.2) is 5.82 Å². The first-order valence-corrected chi connectivity index (χ1v) is 8.87. The van der Waals surface area contributed by atoms with Gasteiger partial charge >= 0.3 is 0 Å². The molecule has 0 bridgehead atoms. The third-order valence-corrected chi connectivity index (χ3v) is 5.07. The minimum absolute atomic E-state index is 0.0283. The zero-order valence-electron chi connectivity index (χ0n) is 14.7. The molecular weight excluding hydrogens is 352 g/mol. The number of piperazine rings is 1. The summed E-state index contributed by atoms with van der Waals surface area (Å²) < 4.78 is 1.82. The molecule has 1 aliphatic heterocycles. The van der Waals surface area contributed by atoms with Gasteiger partial charge in [-0.05, 0) is 19.1 Å². The number of aromatic nitrogens is 4. The van der Waals surface area contributed by atoms with Crippen LogP contribution in [0, 0.1) is 6.92 Å². The van der Waals surface area contributed by atoms with E-state index >= 15 is 0 Å². The zero-order chi connectivity index (χ0) is 18.3. The fourth-order valence-corrected chi connectivity index (χ4v) is 3.63. The second-order valence-electron chi connectivity index (χ2n) is 6.36. The van der Waals surface area contributed by atoms with E-state index in [1.807, 2.05) is 35.7 Å². The molecule has 0 spiro atoms. The maximum atomic E-state index is 12.7. The van der Waals surface area contributed by atoms with Gasteiger partial charge in [0, 0.05) is 33.2 Å². The number of nitrogens with zero attached hydrogens (tertiary/aromatic N) is 6. The number of anilines is 1. The van der Waals surface area contributed by atoms with E-state index in [-0.39, 0.29) is 5.91 Å². The molecule has 26 heavy (non-hydrogen) atoms. The Morgan fingerprint density at radius 3 is 2.58 bits per heavy atom. The van der Waals surface area contributed by atoms with Gasteiger partial charge in [-0.25, -0.2) is 9.97 Å². The van der Waals surface area contributed by atoms with Crippen LogP contribution in [0.2, 0.25) is 5.02 Å². The number of fused-ring (bicyclic) bond motifs is 1. The van der Waals surface area contributed by atoms with Gasteiger partial charge in [0.1, 0.15) is 17.4 Å². The van der Waals surface area contributed by atoms with Gasteiger partial charge in [-0.1, -0.05) is 23.7 Å². The van der Waals surface area contributed by atoms with Crippen molar-refractivity contribution in [3.05, 3.63) is 46.9 Å². The maximum Gasteiger partial charge on any atom is 0.255 e. The number of aryl methyl sites for hydroxylation is 2. The van der Waals surface area contributed by atoms with Crippen LogP contribution in [0.4, 0.5) is 5.82 Å². The third kappa shape index (κ3) is 2.78. The molecule has 3 heterocycles. The number of halogens is 1. The SMILES string of the molecule is Cc1nn(C)c2c(N3CCN(C(=O)c4ccccc4Cl)CC3)ncnc12. The van der Waals surface area contributed by atoms with E-state index in [0.717, 1.165) is 22.5 Å². The second-order valence-corrected chi connectivity index (χ2v) is 6.77. The van der Waals surface area contributed by atoms with Crippen LogP contribution in [-0.2, 0) is 7.05 Å². The summed E-state index contributed by atoms with van der Waals surface area (Å²) in [4.78, 5) is 25.6. The molecule has 4 rings (SSSR count). The summed E-state index contributed by atoms with van der Waals surface area (Å²) in [7, 11) is 1.90. The van der Waals surface area contributed by atoms with Crippen molar-refractivity contribution in [1.29, 1.82) is 0 Å². The normalized spacial score (nSPS) is 14.9. The first-order chi connectivity index (χ1) is 12.6. The lowest BCUT2D eigenvalue weighted by molar-refractivity contribution is 0.0747. The molecule has 0 atom stereocenters.